The number of halogens is 4. The number of nitrogens with zero attached hydrogens (tertiary/aromatic N) is 1. The molecule has 112 valence electrons. The van der Waals surface area contributed by atoms with E-state index in [4.69, 9.17) is 23.2 Å². The van der Waals surface area contributed by atoms with Crippen LogP contribution in [0.15, 0.2) is 30.3 Å². The molecule has 0 aromatic heterocycles. The van der Waals surface area contributed by atoms with Gasteiger partial charge in [-0.25, -0.2) is 8.78 Å². The molecule has 0 N–H and O–H groups in total. The summed E-state index contributed by atoms with van der Waals surface area (Å²) in [7, 11) is 3.67. The predicted octanol–water partition coefficient (Wildman–Crippen LogP) is 5.23. The first-order valence-electron chi connectivity index (χ1n) is 6.37. The Balaban J connectivity index is 2.64. The monoisotopic (exact) mass is 329 g/mol. The maximum Gasteiger partial charge on any atom is 0.127 e. The zero-order valence-electron chi connectivity index (χ0n) is 11.9. The molecule has 1 atom stereocenters. The van der Waals surface area contributed by atoms with Crippen molar-refractivity contribution in [3.63, 3.8) is 0 Å². The van der Waals surface area contributed by atoms with Crippen molar-refractivity contribution in [2.24, 2.45) is 0 Å². The van der Waals surface area contributed by atoms with Crippen LogP contribution in [0.3, 0.4) is 0 Å². The van der Waals surface area contributed by atoms with E-state index in [-0.39, 0.29) is 11.9 Å². The molecule has 0 aliphatic heterocycles. The van der Waals surface area contributed by atoms with Gasteiger partial charge in [-0.3, -0.25) is 4.90 Å². The lowest BCUT2D eigenvalue weighted by Gasteiger charge is -2.27. The lowest BCUT2D eigenvalue weighted by Crippen LogP contribution is -2.22. The molecule has 0 saturated heterocycles. The van der Waals surface area contributed by atoms with E-state index in [1.54, 1.807) is 19.1 Å². The van der Waals surface area contributed by atoms with Crippen LogP contribution in [0.1, 0.15) is 22.7 Å². The number of benzene rings is 2. The van der Waals surface area contributed by atoms with Gasteiger partial charge in [0.15, 0.2) is 0 Å². The number of rotatable bonds is 3. The molecular formula is C16H15Cl2F2N. The van der Waals surface area contributed by atoms with Crippen molar-refractivity contribution >= 4 is 23.2 Å². The molecule has 0 saturated carbocycles. The molecule has 2 aromatic rings. The van der Waals surface area contributed by atoms with Gasteiger partial charge < -0.3 is 0 Å². The Morgan fingerprint density at radius 1 is 0.952 bits per heavy atom. The fourth-order valence-electron chi connectivity index (χ4n) is 2.44. The standard InChI is InChI=1S/C16H15Cl2F2N/c1-9-14(7-12(18)8-15(9)20)16(21(2)3)10-4-11(17)6-13(19)5-10/h4-8,16H,1-3H3/t16-/m0/s1. The van der Waals surface area contributed by atoms with Gasteiger partial charge in [-0.2, -0.15) is 0 Å². The van der Waals surface area contributed by atoms with E-state index in [9.17, 15) is 8.78 Å². The van der Waals surface area contributed by atoms with Crippen molar-refractivity contribution in [1.82, 2.24) is 4.90 Å². The predicted molar refractivity (Wildman–Crippen MR) is 83.1 cm³/mol. The number of hydrogen-bond acceptors (Lipinski definition) is 1. The van der Waals surface area contributed by atoms with Crippen LogP contribution < -0.4 is 0 Å². The third-order valence-corrected chi connectivity index (χ3v) is 3.80. The summed E-state index contributed by atoms with van der Waals surface area (Å²) >= 11 is 11.9. The lowest BCUT2D eigenvalue weighted by molar-refractivity contribution is 0.339. The average Bonchev–Trinajstić information content (AvgIpc) is 2.33. The zero-order valence-corrected chi connectivity index (χ0v) is 13.4. The molecule has 0 amide bonds. The van der Waals surface area contributed by atoms with Gasteiger partial charge in [-0.05, 0) is 68.0 Å². The Hall–Kier alpha value is -1.16. The summed E-state index contributed by atoms with van der Waals surface area (Å²) in [5.74, 6) is -0.809. The molecule has 5 heteroatoms. The molecule has 0 unspecified atom stereocenters. The second kappa shape index (κ2) is 6.30. The summed E-state index contributed by atoms with van der Waals surface area (Å²) in [5, 5.41) is 0.611. The Morgan fingerprint density at radius 2 is 1.57 bits per heavy atom. The fraction of sp³-hybridized carbons (Fsp3) is 0.250. The smallest absolute Gasteiger partial charge is 0.127 e. The highest BCUT2D eigenvalue weighted by Gasteiger charge is 2.22. The van der Waals surface area contributed by atoms with Gasteiger partial charge in [-0.15, -0.1) is 0 Å². The Labute approximate surface area is 133 Å². The molecule has 21 heavy (non-hydrogen) atoms. The van der Waals surface area contributed by atoms with Crippen molar-refractivity contribution < 1.29 is 8.78 Å². The summed E-state index contributed by atoms with van der Waals surface area (Å²) < 4.78 is 27.6. The first-order chi connectivity index (χ1) is 9.79. The summed E-state index contributed by atoms with van der Waals surface area (Å²) in [6.45, 7) is 1.68. The number of hydrogen-bond donors (Lipinski definition) is 0. The Bertz CT molecular complexity index is 651. The Morgan fingerprint density at radius 3 is 2.14 bits per heavy atom. The van der Waals surface area contributed by atoms with E-state index in [1.165, 1.54) is 18.2 Å². The molecule has 1 nitrogen and oxygen atoms in total. The molecule has 0 spiro atoms. The van der Waals surface area contributed by atoms with Crippen LogP contribution in [0, 0.1) is 18.6 Å². The van der Waals surface area contributed by atoms with E-state index in [0.29, 0.717) is 26.7 Å². The van der Waals surface area contributed by atoms with Crippen LogP contribution in [0.25, 0.3) is 0 Å². The van der Waals surface area contributed by atoms with Crippen molar-refractivity contribution in [3.05, 3.63) is 68.7 Å². The van der Waals surface area contributed by atoms with Gasteiger partial charge in [0, 0.05) is 10.0 Å². The molecule has 0 heterocycles. The van der Waals surface area contributed by atoms with Crippen LogP contribution in [-0.2, 0) is 0 Å². The van der Waals surface area contributed by atoms with Gasteiger partial charge in [0.05, 0.1) is 6.04 Å². The summed E-state index contributed by atoms with van der Waals surface area (Å²) in [5.41, 5.74) is 1.82. The second-order valence-corrected chi connectivity index (χ2v) is 6.04. The maximum atomic E-state index is 13.9. The Kier molecular flexibility index (Phi) is 4.87. The van der Waals surface area contributed by atoms with E-state index >= 15 is 0 Å². The van der Waals surface area contributed by atoms with Crippen LogP contribution in [-0.4, -0.2) is 19.0 Å². The average molecular weight is 330 g/mol. The molecule has 0 bridgehead atoms. The molecular weight excluding hydrogens is 315 g/mol. The van der Waals surface area contributed by atoms with Crippen LogP contribution in [0.2, 0.25) is 10.0 Å². The molecule has 0 aliphatic rings. The third kappa shape index (κ3) is 3.54. The lowest BCUT2D eigenvalue weighted by atomic mass is 9.94. The normalized spacial score (nSPS) is 12.8. The third-order valence-electron chi connectivity index (χ3n) is 3.36. The van der Waals surface area contributed by atoms with E-state index < -0.39 is 5.82 Å². The zero-order chi connectivity index (χ0) is 15.7. The molecule has 0 fully saturated rings. The summed E-state index contributed by atoms with van der Waals surface area (Å²) in [6, 6.07) is 6.94. The highest BCUT2D eigenvalue weighted by molar-refractivity contribution is 6.31. The fourth-order valence-corrected chi connectivity index (χ4v) is 2.88. The largest absolute Gasteiger partial charge is 0.299 e. The minimum atomic E-state index is -0.426. The van der Waals surface area contributed by atoms with Gasteiger partial charge in [0.2, 0.25) is 0 Å². The van der Waals surface area contributed by atoms with Gasteiger partial charge >= 0.3 is 0 Å². The first kappa shape index (κ1) is 16.2. The van der Waals surface area contributed by atoms with Crippen molar-refractivity contribution in [3.8, 4) is 0 Å². The van der Waals surface area contributed by atoms with Crippen molar-refractivity contribution in [2.45, 2.75) is 13.0 Å². The van der Waals surface area contributed by atoms with Gasteiger partial charge in [0.25, 0.3) is 0 Å². The molecule has 0 radical (unpaired) electrons. The van der Waals surface area contributed by atoms with E-state index in [0.717, 1.165) is 0 Å². The van der Waals surface area contributed by atoms with Crippen LogP contribution >= 0.6 is 23.2 Å². The van der Waals surface area contributed by atoms with Gasteiger partial charge in [-0.1, -0.05) is 23.2 Å². The molecule has 2 rings (SSSR count). The van der Waals surface area contributed by atoms with Crippen LogP contribution in [0.5, 0.6) is 0 Å². The highest BCUT2D eigenvalue weighted by Crippen LogP contribution is 2.33. The van der Waals surface area contributed by atoms with E-state index in [1.807, 2.05) is 19.0 Å². The van der Waals surface area contributed by atoms with E-state index in [2.05, 4.69) is 0 Å². The summed E-state index contributed by atoms with van der Waals surface area (Å²) in [6.07, 6.45) is 0. The minimum absolute atomic E-state index is 0.303. The molecule has 2 aromatic carbocycles. The molecule has 0 aliphatic carbocycles. The van der Waals surface area contributed by atoms with Gasteiger partial charge in [0.1, 0.15) is 11.6 Å². The minimum Gasteiger partial charge on any atom is -0.299 e. The SMILES string of the molecule is Cc1c(F)cc(Cl)cc1[C@H](c1cc(F)cc(Cl)c1)N(C)C. The maximum absolute atomic E-state index is 13.9. The topological polar surface area (TPSA) is 3.24 Å². The summed E-state index contributed by atoms with van der Waals surface area (Å²) in [4.78, 5) is 1.86. The highest BCUT2D eigenvalue weighted by atomic mass is 35.5. The van der Waals surface area contributed by atoms with Crippen molar-refractivity contribution in [1.29, 1.82) is 0 Å². The quantitative estimate of drug-likeness (QED) is 0.745. The van der Waals surface area contributed by atoms with Crippen molar-refractivity contribution in [2.75, 3.05) is 14.1 Å². The van der Waals surface area contributed by atoms with Crippen LogP contribution in [0.4, 0.5) is 8.78 Å². The first-order valence-corrected chi connectivity index (χ1v) is 7.13. The second-order valence-electron chi connectivity index (χ2n) is 5.17.